The number of benzene rings is 1. The summed E-state index contributed by atoms with van der Waals surface area (Å²) in [7, 11) is 0. The molecule has 0 unspecified atom stereocenters. The second kappa shape index (κ2) is 7.92. The number of nitrogens with zero attached hydrogens (tertiary/aromatic N) is 3. The van der Waals surface area contributed by atoms with Crippen LogP contribution in [0.25, 0.3) is 5.65 Å². The van der Waals surface area contributed by atoms with Crippen LogP contribution >= 0.6 is 0 Å². The zero-order chi connectivity index (χ0) is 19.5. The lowest BCUT2D eigenvalue weighted by molar-refractivity contribution is -0.118. The molecule has 0 radical (unpaired) electrons. The lowest BCUT2D eigenvalue weighted by Crippen LogP contribution is -2.32. The second-order valence-electron chi connectivity index (χ2n) is 7.54. The Labute approximate surface area is 165 Å². The Balaban J connectivity index is 1.33. The number of hydrogen-bond acceptors (Lipinski definition) is 4. The number of aryl methyl sites for hydroxylation is 1. The first-order valence-electron chi connectivity index (χ1n) is 9.80. The minimum atomic E-state index is -0.190. The van der Waals surface area contributed by atoms with Crippen LogP contribution in [0.3, 0.4) is 0 Å². The molecule has 0 spiro atoms. The molecule has 6 heteroatoms. The van der Waals surface area contributed by atoms with Crippen molar-refractivity contribution in [2.75, 3.05) is 29.9 Å². The highest BCUT2D eigenvalue weighted by Crippen LogP contribution is 2.24. The van der Waals surface area contributed by atoms with Crippen LogP contribution in [0.2, 0.25) is 0 Å². The van der Waals surface area contributed by atoms with Crippen molar-refractivity contribution < 1.29 is 9.53 Å². The first kappa shape index (κ1) is 18.3. The van der Waals surface area contributed by atoms with Gasteiger partial charge >= 0.3 is 0 Å². The third kappa shape index (κ3) is 4.11. The lowest BCUT2D eigenvalue weighted by Gasteiger charge is -2.32. The summed E-state index contributed by atoms with van der Waals surface area (Å²) >= 11 is 0. The van der Waals surface area contributed by atoms with Gasteiger partial charge in [-0.25, -0.2) is 4.98 Å². The molecule has 2 aromatic heterocycles. The zero-order valence-corrected chi connectivity index (χ0v) is 16.4. The number of rotatable bonds is 5. The third-order valence-electron chi connectivity index (χ3n) is 5.23. The molecule has 3 heterocycles. The maximum absolute atomic E-state index is 12.3. The summed E-state index contributed by atoms with van der Waals surface area (Å²) in [5, 5.41) is 2.89. The van der Waals surface area contributed by atoms with Crippen LogP contribution in [0, 0.1) is 12.8 Å². The van der Waals surface area contributed by atoms with Gasteiger partial charge in [0.2, 0.25) is 0 Å². The normalized spacial score (nSPS) is 15.0. The topological polar surface area (TPSA) is 58.9 Å². The fourth-order valence-corrected chi connectivity index (χ4v) is 3.59. The number of amides is 1. The highest BCUT2D eigenvalue weighted by atomic mass is 16.5. The SMILES string of the molecule is Cc1cn2cccc(OCC(=O)Nc3ccc(N4CCC(C)CC4)cc3)c2n1. The number of hydrogen-bond donors (Lipinski definition) is 1. The zero-order valence-electron chi connectivity index (χ0n) is 16.4. The number of pyridine rings is 1. The third-order valence-corrected chi connectivity index (χ3v) is 5.23. The molecule has 1 aliphatic heterocycles. The number of carbonyl (C=O) groups excluding carboxylic acids is 1. The molecule has 1 N–H and O–H groups in total. The van der Waals surface area contributed by atoms with E-state index in [0.717, 1.165) is 30.4 Å². The highest BCUT2D eigenvalue weighted by Gasteiger charge is 2.16. The molecule has 1 aromatic carbocycles. The van der Waals surface area contributed by atoms with Gasteiger partial charge in [0.05, 0.1) is 5.69 Å². The quantitative estimate of drug-likeness (QED) is 0.732. The van der Waals surface area contributed by atoms with Crippen molar-refractivity contribution in [1.29, 1.82) is 0 Å². The van der Waals surface area contributed by atoms with E-state index in [4.69, 9.17) is 4.74 Å². The van der Waals surface area contributed by atoms with Gasteiger partial charge in [-0.2, -0.15) is 0 Å². The van der Waals surface area contributed by atoms with Crippen molar-refractivity contribution in [3.05, 3.63) is 54.5 Å². The summed E-state index contributed by atoms with van der Waals surface area (Å²) in [4.78, 5) is 19.1. The monoisotopic (exact) mass is 378 g/mol. The summed E-state index contributed by atoms with van der Waals surface area (Å²) in [6.45, 7) is 6.38. The molecule has 28 heavy (non-hydrogen) atoms. The molecule has 1 aliphatic rings. The van der Waals surface area contributed by atoms with Gasteiger partial charge in [-0.05, 0) is 62.1 Å². The Hall–Kier alpha value is -3.02. The fraction of sp³-hybridized carbons (Fsp3) is 0.364. The van der Waals surface area contributed by atoms with E-state index in [9.17, 15) is 4.79 Å². The number of anilines is 2. The molecule has 0 aliphatic carbocycles. The van der Waals surface area contributed by atoms with E-state index in [2.05, 4.69) is 34.3 Å². The first-order valence-corrected chi connectivity index (χ1v) is 9.80. The Kier molecular flexibility index (Phi) is 5.19. The van der Waals surface area contributed by atoms with Crippen molar-refractivity contribution >= 4 is 22.9 Å². The van der Waals surface area contributed by atoms with E-state index in [0.29, 0.717) is 11.4 Å². The number of imidazole rings is 1. The minimum Gasteiger partial charge on any atom is -0.480 e. The van der Waals surface area contributed by atoms with Crippen LogP contribution in [0.4, 0.5) is 11.4 Å². The van der Waals surface area contributed by atoms with E-state index in [1.165, 1.54) is 18.5 Å². The molecular formula is C22H26N4O2. The molecular weight excluding hydrogens is 352 g/mol. The first-order chi connectivity index (χ1) is 13.6. The van der Waals surface area contributed by atoms with Gasteiger partial charge in [0.1, 0.15) is 0 Å². The molecule has 0 bridgehead atoms. The largest absolute Gasteiger partial charge is 0.480 e. The van der Waals surface area contributed by atoms with Gasteiger partial charge < -0.3 is 19.4 Å². The molecule has 4 rings (SSSR count). The smallest absolute Gasteiger partial charge is 0.262 e. The summed E-state index contributed by atoms with van der Waals surface area (Å²) in [6.07, 6.45) is 6.30. The van der Waals surface area contributed by atoms with E-state index in [1.54, 1.807) is 0 Å². The summed E-state index contributed by atoms with van der Waals surface area (Å²) in [5.41, 5.74) is 3.61. The lowest BCUT2D eigenvalue weighted by atomic mass is 9.99. The van der Waals surface area contributed by atoms with Crippen molar-refractivity contribution in [3.63, 3.8) is 0 Å². The summed E-state index contributed by atoms with van der Waals surface area (Å²) in [5.74, 6) is 1.22. The average molecular weight is 378 g/mol. The molecule has 3 aromatic rings. The van der Waals surface area contributed by atoms with E-state index < -0.39 is 0 Å². The van der Waals surface area contributed by atoms with Gasteiger partial charge in [-0.15, -0.1) is 0 Å². The highest BCUT2D eigenvalue weighted by molar-refractivity contribution is 5.92. The maximum atomic E-state index is 12.3. The van der Waals surface area contributed by atoms with E-state index in [-0.39, 0.29) is 12.5 Å². The second-order valence-corrected chi connectivity index (χ2v) is 7.54. The average Bonchev–Trinajstić information content (AvgIpc) is 3.08. The van der Waals surface area contributed by atoms with Crippen LogP contribution in [-0.2, 0) is 4.79 Å². The molecule has 6 nitrogen and oxygen atoms in total. The van der Waals surface area contributed by atoms with Crippen molar-refractivity contribution in [3.8, 4) is 5.75 Å². The Morgan fingerprint density at radius 2 is 1.96 bits per heavy atom. The van der Waals surface area contributed by atoms with Crippen molar-refractivity contribution in [2.45, 2.75) is 26.7 Å². The van der Waals surface area contributed by atoms with Crippen LogP contribution in [0.5, 0.6) is 5.75 Å². The molecule has 1 fully saturated rings. The van der Waals surface area contributed by atoms with Gasteiger partial charge in [-0.3, -0.25) is 4.79 Å². The predicted molar refractivity (Wildman–Crippen MR) is 111 cm³/mol. The van der Waals surface area contributed by atoms with Gasteiger partial charge in [0.25, 0.3) is 5.91 Å². The predicted octanol–water partition coefficient (Wildman–Crippen LogP) is 3.90. The van der Waals surface area contributed by atoms with Crippen LogP contribution < -0.4 is 15.0 Å². The fourth-order valence-electron chi connectivity index (χ4n) is 3.59. The van der Waals surface area contributed by atoms with Gasteiger partial charge in [-0.1, -0.05) is 6.92 Å². The number of piperidine rings is 1. The van der Waals surface area contributed by atoms with Crippen LogP contribution in [0.15, 0.2) is 48.8 Å². The summed E-state index contributed by atoms with van der Waals surface area (Å²) in [6, 6.07) is 11.7. The number of nitrogens with one attached hydrogen (secondary N) is 1. The van der Waals surface area contributed by atoms with E-state index in [1.807, 2.05) is 48.0 Å². The molecule has 0 saturated carbocycles. The molecule has 1 saturated heterocycles. The number of ether oxygens (including phenoxy) is 1. The van der Waals surface area contributed by atoms with Crippen molar-refractivity contribution in [2.24, 2.45) is 5.92 Å². The Bertz CT molecular complexity index is 956. The van der Waals surface area contributed by atoms with Crippen molar-refractivity contribution in [1.82, 2.24) is 9.38 Å². The number of aromatic nitrogens is 2. The maximum Gasteiger partial charge on any atom is 0.262 e. The summed E-state index contributed by atoms with van der Waals surface area (Å²) < 4.78 is 7.58. The van der Waals surface area contributed by atoms with Gasteiger partial charge in [0, 0.05) is 36.9 Å². The standard InChI is InChI=1S/C22H26N4O2/c1-16-9-12-25(13-10-16)19-7-5-18(6-8-19)24-21(27)15-28-20-4-3-11-26-14-17(2)23-22(20)26/h3-8,11,14,16H,9-10,12-13,15H2,1-2H3,(H,24,27). The molecule has 0 atom stereocenters. The van der Waals surface area contributed by atoms with E-state index >= 15 is 0 Å². The minimum absolute atomic E-state index is 0.0582. The molecule has 146 valence electrons. The van der Waals surface area contributed by atoms with Gasteiger partial charge in [0.15, 0.2) is 18.0 Å². The molecule has 1 amide bonds. The number of fused-ring (bicyclic) bond motifs is 1. The number of carbonyl (C=O) groups is 1. The Morgan fingerprint density at radius 3 is 2.71 bits per heavy atom. The Morgan fingerprint density at radius 1 is 1.21 bits per heavy atom. The van der Waals surface area contributed by atoms with Crippen LogP contribution in [-0.4, -0.2) is 35.0 Å². The van der Waals surface area contributed by atoms with Crippen LogP contribution in [0.1, 0.15) is 25.5 Å².